The highest BCUT2D eigenvalue weighted by molar-refractivity contribution is 7.99. The predicted octanol–water partition coefficient (Wildman–Crippen LogP) is 3.69. The molecule has 0 heterocycles. The number of unbranched alkanes of at least 4 members (excludes halogenated alkanes) is 3. The van der Waals surface area contributed by atoms with Gasteiger partial charge in [0.1, 0.15) is 0 Å². The van der Waals surface area contributed by atoms with Crippen LogP contribution < -0.4 is 5.32 Å². The Hall–Kier alpha value is 0.310. The smallest absolute Gasteiger partial charge is 0.00103 e. The maximum absolute atomic E-state index is 3.45. The van der Waals surface area contributed by atoms with E-state index in [1.165, 1.54) is 50.2 Å². The Kier molecular flexibility index (Phi) is 11.6. The van der Waals surface area contributed by atoms with E-state index in [2.05, 4.69) is 37.8 Å². The number of rotatable bonds is 10. The summed E-state index contributed by atoms with van der Waals surface area (Å²) in [5.74, 6) is 2.72. The van der Waals surface area contributed by atoms with Crippen molar-refractivity contribution in [3.8, 4) is 0 Å². The van der Waals surface area contributed by atoms with Gasteiger partial charge in [0, 0.05) is 6.04 Å². The summed E-state index contributed by atoms with van der Waals surface area (Å²) >= 11 is 2.12. The van der Waals surface area contributed by atoms with Crippen molar-refractivity contribution in [1.82, 2.24) is 5.32 Å². The molecule has 0 aliphatic carbocycles. The quantitative estimate of drug-likeness (QED) is 0.560. The minimum absolute atomic E-state index is 0.646. The van der Waals surface area contributed by atoms with Gasteiger partial charge in [0.2, 0.25) is 0 Å². The van der Waals surface area contributed by atoms with E-state index in [4.69, 9.17) is 0 Å². The standard InChI is InChI=1S/C12H27NS/c1-4-5-7-10-14-11-8-6-9-13-12(2)3/h12-13H,4-11H2,1-3H3. The summed E-state index contributed by atoms with van der Waals surface area (Å²) < 4.78 is 0. The Morgan fingerprint density at radius 3 is 2.21 bits per heavy atom. The molecule has 0 aliphatic rings. The van der Waals surface area contributed by atoms with Gasteiger partial charge in [-0.25, -0.2) is 0 Å². The third-order valence-corrected chi connectivity index (χ3v) is 3.31. The van der Waals surface area contributed by atoms with Gasteiger partial charge < -0.3 is 5.32 Å². The third kappa shape index (κ3) is 12.3. The minimum atomic E-state index is 0.646. The van der Waals surface area contributed by atoms with Gasteiger partial charge in [-0.15, -0.1) is 0 Å². The van der Waals surface area contributed by atoms with E-state index >= 15 is 0 Å². The van der Waals surface area contributed by atoms with Gasteiger partial charge in [-0.05, 0) is 37.3 Å². The SMILES string of the molecule is CCCCCSCCCCNC(C)C. The normalized spacial score (nSPS) is 11.1. The third-order valence-electron chi connectivity index (χ3n) is 2.16. The summed E-state index contributed by atoms with van der Waals surface area (Å²) in [7, 11) is 0. The Bertz CT molecular complexity index is 104. The van der Waals surface area contributed by atoms with Crippen LogP contribution in [-0.4, -0.2) is 24.1 Å². The highest BCUT2D eigenvalue weighted by atomic mass is 32.2. The van der Waals surface area contributed by atoms with E-state index in [-0.39, 0.29) is 0 Å². The van der Waals surface area contributed by atoms with Gasteiger partial charge >= 0.3 is 0 Å². The zero-order valence-electron chi connectivity index (χ0n) is 10.1. The van der Waals surface area contributed by atoms with Crippen molar-refractivity contribution in [2.45, 2.75) is 58.9 Å². The van der Waals surface area contributed by atoms with Crippen molar-refractivity contribution in [3.63, 3.8) is 0 Å². The molecule has 0 atom stereocenters. The van der Waals surface area contributed by atoms with E-state index < -0.39 is 0 Å². The van der Waals surface area contributed by atoms with E-state index in [0.717, 1.165) is 0 Å². The molecular weight excluding hydrogens is 190 g/mol. The topological polar surface area (TPSA) is 12.0 Å². The van der Waals surface area contributed by atoms with E-state index in [9.17, 15) is 0 Å². The zero-order valence-corrected chi connectivity index (χ0v) is 11.0. The van der Waals surface area contributed by atoms with Crippen LogP contribution in [0.5, 0.6) is 0 Å². The van der Waals surface area contributed by atoms with Crippen LogP contribution in [0.1, 0.15) is 52.9 Å². The summed E-state index contributed by atoms with van der Waals surface area (Å²) in [4.78, 5) is 0. The molecule has 0 radical (unpaired) electrons. The molecule has 0 fully saturated rings. The summed E-state index contributed by atoms with van der Waals surface area (Å²) in [5.41, 5.74) is 0. The van der Waals surface area contributed by atoms with E-state index in [1.807, 2.05) is 0 Å². The molecule has 0 unspecified atom stereocenters. The fourth-order valence-corrected chi connectivity index (χ4v) is 2.30. The lowest BCUT2D eigenvalue weighted by Gasteiger charge is -2.07. The Labute approximate surface area is 94.4 Å². The second kappa shape index (κ2) is 11.4. The van der Waals surface area contributed by atoms with Crippen LogP contribution in [-0.2, 0) is 0 Å². The van der Waals surface area contributed by atoms with Gasteiger partial charge in [-0.3, -0.25) is 0 Å². The van der Waals surface area contributed by atoms with Crippen molar-refractivity contribution in [2.75, 3.05) is 18.1 Å². The number of hydrogen-bond donors (Lipinski definition) is 1. The van der Waals surface area contributed by atoms with Crippen LogP contribution >= 0.6 is 11.8 Å². The minimum Gasteiger partial charge on any atom is -0.315 e. The lowest BCUT2D eigenvalue weighted by atomic mass is 10.3. The molecule has 0 bridgehead atoms. The van der Waals surface area contributed by atoms with E-state index in [0.29, 0.717) is 6.04 Å². The molecule has 0 aliphatic heterocycles. The molecule has 0 saturated heterocycles. The van der Waals surface area contributed by atoms with Crippen LogP contribution in [0.4, 0.5) is 0 Å². The summed E-state index contributed by atoms with van der Waals surface area (Å²) in [5, 5.41) is 3.45. The van der Waals surface area contributed by atoms with Gasteiger partial charge in [-0.2, -0.15) is 11.8 Å². The summed E-state index contributed by atoms with van der Waals surface area (Å²) in [6.07, 6.45) is 6.86. The molecule has 0 aromatic carbocycles. The fraction of sp³-hybridized carbons (Fsp3) is 1.00. The van der Waals surface area contributed by atoms with Crippen molar-refractivity contribution in [1.29, 1.82) is 0 Å². The fourth-order valence-electron chi connectivity index (χ4n) is 1.28. The second-order valence-corrected chi connectivity index (χ2v) is 5.36. The van der Waals surface area contributed by atoms with E-state index in [1.54, 1.807) is 0 Å². The number of thioether (sulfide) groups is 1. The molecule has 14 heavy (non-hydrogen) atoms. The first-order valence-electron chi connectivity index (χ1n) is 6.08. The van der Waals surface area contributed by atoms with Crippen LogP contribution in [0.25, 0.3) is 0 Å². The molecule has 1 N–H and O–H groups in total. The Morgan fingerprint density at radius 1 is 1.00 bits per heavy atom. The van der Waals surface area contributed by atoms with Gasteiger partial charge in [0.25, 0.3) is 0 Å². The highest BCUT2D eigenvalue weighted by Crippen LogP contribution is 2.08. The van der Waals surface area contributed by atoms with Crippen LogP contribution in [0, 0.1) is 0 Å². The Morgan fingerprint density at radius 2 is 1.64 bits per heavy atom. The lowest BCUT2D eigenvalue weighted by Crippen LogP contribution is -2.23. The van der Waals surface area contributed by atoms with Gasteiger partial charge in [0.05, 0.1) is 0 Å². The molecule has 2 heteroatoms. The van der Waals surface area contributed by atoms with Crippen molar-refractivity contribution < 1.29 is 0 Å². The summed E-state index contributed by atoms with van der Waals surface area (Å²) in [6.45, 7) is 7.87. The highest BCUT2D eigenvalue weighted by Gasteiger charge is 1.93. The maximum Gasteiger partial charge on any atom is 0.00103 e. The monoisotopic (exact) mass is 217 g/mol. The predicted molar refractivity (Wildman–Crippen MR) is 69.2 cm³/mol. The molecular formula is C12H27NS. The first kappa shape index (κ1) is 14.3. The van der Waals surface area contributed by atoms with Crippen molar-refractivity contribution in [2.24, 2.45) is 0 Å². The molecule has 0 aromatic heterocycles. The zero-order chi connectivity index (χ0) is 10.6. The van der Waals surface area contributed by atoms with Gasteiger partial charge in [-0.1, -0.05) is 33.6 Å². The first-order valence-corrected chi connectivity index (χ1v) is 7.24. The molecule has 0 aromatic rings. The maximum atomic E-state index is 3.45. The first-order chi connectivity index (χ1) is 6.77. The molecule has 86 valence electrons. The van der Waals surface area contributed by atoms with Crippen LogP contribution in [0.15, 0.2) is 0 Å². The van der Waals surface area contributed by atoms with Crippen molar-refractivity contribution in [3.05, 3.63) is 0 Å². The summed E-state index contributed by atoms with van der Waals surface area (Å²) in [6, 6.07) is 0.646. The lowest BCUT2D eigenvalue weighted by molar-refractivity contribution is 0.567. The van der Waals surface area contributed by atoms with Crippen molar-refractivity contribution >= 4 is 11.8 Å². The average molecular weight is 217 g/mol. The largest absolute Gasteiger partial charge is 0.315 e. The second-order valence-electron chi connectivity index (χ2n) is 4.14. The molecule has 0 saturated carbocycles. The number of hydrogen-bond acceptors (Lipinski definition) is 2. The molecule has 1 nitrogen and oxygen atoms in total. The molecule has 0 rings (SSSR count). The molecule has 0 amide bonds. The number of nitrogens with one attached hydrogen (secondary N) is 1. The molecule has 0 spiro atoms. The van der Waals surface area contributed by atoms with Gasteiger partial charge in [0.15, 0.2) is 0 Å². The van der Waals surface area contributed by atoms with Crippen LogP contribution in [0.3, 0.4) is 0 Å². The Balaban J connectivity index is 2.85. The average Bonchev–Trinajstić information content (AvgIpc) is 2.15. The van der Waals surface area contributed by atoms with Crippen LogP contribution in [0.2, 0.25) is 0 Å².